The Bertz CT molecular complexity index is 1810. The molecule has 1 amide bonds. The van der Waals surface area contributed by atoms with E-state index < -0.39 is 37.5 Å². The molecule has 0 aromatic carbocycles. The fourth-order valence-corrected chi connectivity index (χ4v) is 8.83. The highest BCUT2D eigenvalue weighted by atomic mass is 35.5. The largest absolute Gasteiger partial charge is 0.444 e. The van der Waals surface area contributed by atoms with Crippen molar-refractivity contribution in [3.05, 3.63) is 21.7 Å². The minimum absolute atomic E-state index is 0.0524. The summed E-state index contributed by atoms with van der Waals surface area (Å²) in [4.78, 5) is 18.3. The maximum atomic E-state index is 12.9. The van der Waals surface area contributed by atoms with Gasteiger partial charge in [-0.2, -0.15) is 0 Å². The molecule has 2 fully saturated rings. The normalized spacial score (nSPS) is 17.7. The number of halogens is 2. The molecule has 0 radical (unpaired) electrons. The Labute approximate surface area is 368 Å². The molecular weight excluding hydrogens is 887 g/mol. The van der Waals surface area contributed by atoms with E-state index in [0.29, 0.717) is 134 Å². The van der Waals surface area contributed by atoms with Gasteiger partial charge in [0, 0.05) is 45.8 Å². The van der Waals surface area contributed by atoms with Crippen LogP contribution in [0.3, 0.4) is 0 Å². The number of carbonyl (C=O) groups is 1. The smallest absolute Gasteiger partial charge is 0.411 e. The Hall–Kier alpha value is -2.33. The number of hydrogen-bond donors (Lipinski definition) is 1. The van der Waals surface area contributed by atoms with Gasteiger partial charge in [-0.1, -0.05) is 33.6 Å². The maximum Gasteiger partial charge on any atom is 0.411 e. The van der Waals surface area contributed by atoms with Gasteiger partial charge in [-0.15, -0.1) is 10.2 Å². The number of hydrogen-bond acceptors (Lipinski definition) is 19. The zero-order valence-electron chi connectivity index (χ0n) is 35.3. The Morgan fingerprint density at radius 1 is 0.656 bits per heavy atom. The molecule has 2 aliphatic heterocycles. The molecule has 0 bridgehead atoms. The average molecular weight is 950 g/mol. The van der Waals surface area contributed by atoms with E-state index in [0.717, 1.165) is 0 Å². The standard InChI is InChI=1S/C35H62Cl2N10O12S2/c1-35(2,3)59-34(48)45(4-11-53-14-17-56-18-15-54-12-5-46-32(36)29(39-41-46)26-43-7-22-60(49,50)23-8-43)31(38)28-58-21-20-57-19-16-55-13-6-47-33(37)30(40-42-47)27-44-9-24-61(51,52)25-10-44/h31H,4-28,38H2,1-3H3. The van der Waals surface area contributed by atoms with Crippen LogP contribution in [-0.4, -0.2) is 214 Å². The van der Waals surface area contributed by atoms with Gasteiger partial charge in [0.25, 0.3) is 0 Å². The predicted octanol–water partition coefficient (Wildman–Crippen LogP) is -0.0411. The van der Waals surface area contributed by atoms with E-state index in [1.54, 1.807) is 30.1 Å². The first-order valence-electron chi connectivity index (χ1n) is 20.2. The molecule has 2 aromatic rings. The molecule has 0 saturated carbocycles. The molecular formula is C35H62Cl2N10O12S2. The summed E-state index contributed by atoms with van der Waals surface area (Å²) in [6.07, 6.45) is -1.37. The van der Waals surface area contributed by atoms with Gasteiger partial charge >= 0.3 is 6.09 Å². The second-order valence-corrected chi connectivity index (χ2v) is 20.7. The zero-order valence-corrected chi connectivity index (χ0v) is 38.5. The molecule has 22 nitrogen and oxygen atoms in total. The van der Waals surface area contributed by atoms with Gasteiger partial charge in [-0.25, -0.2) is 31.0 Å². The summed E-state index contributed by atoms with van der Waals surface area (Å²) in [5, 5.41) is 17.3. The molecule has 1 unspecified atom stereocenters. The molecule has 0 aliphatic carbocycles. The Morgan fingerprint density at radius 2 is 1.03 bits per heavy atom. The van der Waals surface area contributed by atoms with Crippen LogP contribution in [0.25, 0.3) is 0 Å². The zero-order chi connectivity index (χ0) is 44.3. The molecule has 4 rings (SSSR count). The van der Waals surface area contributed by atoms with E-state index in [9.17, 15) is 21.6 Å². The summed E-state index contributed by atoms with van der Waals surface area (Å²) in [5.41, 5.74) is 6.81. The summed E-state index contributed by atoms with van der Waals surface area (Å²) >= 11 is 12.9. The highest BCUT2D eigenvalue weighted by molar-refractivity contribution is 7.91. The minimum Gasteiger partial charge on any atom is -0.444 e. The molecule has 2 aliphatic rings. The van der Waals surface area contributed by atoms with Crippen molar-refractivity contribution < 1.29 is 54.8 Å². The highest BCUT2D eigenvalue weighted by Gasteiger charge is 2.27. The first-order valence-corrected chi connectivity index (χ1v) is 24.6. The van der Waals surface area contributed by atoms with E-state index in [-0.39, 0.29) is 49.4 Å². The van der Waals surface area contributed by atoms with Crippen LogP contribution in [0.4, 0.5) is 4.79 Å². The van der Waals surface area contributed by atoms with Gasteiger partial charge in [-0.3, -0.25) is 14.7 Å². The third-order valence-electron chi connectivity index (χ3n) is 9.27. The summed E-state index contributed by atoms with van der Waals surface area (Å²) in [6, 6.07) is 0. The van der Waals surface area contributed by atoms with Crippen molar-refractivity contribution in [1.82, 2.24) is 44.7 Å². The van der Waals surface area contributed by atoms with Crippen LogP contribution in [0.5, 0.6) is 0 Å². The fourth-order valence-electron chi connectivity index (χ4n) is 5.85. The number of rotatable bonds is 28. The molecule has 4 heterocycles. The summed E-state index contributed by atoms with van der Waals surface area (Å²) in [7, 11) is -5.92. The molecule has 2 saturated heterocycles. The summed E-state index contributed by atoms with van der Waals surface area (Å²) < 4.78 is 89.1. The molecule has 61 heavy (non-hydrogen) atoms. The van der Waals surface area contributed by atoms with Gasteiger partial charge in [-0.05, 0) is 20.8 Å². The Balaban J connectivity index is 0.995. The highest BCUT2D eigenvalue weighted by Crippen LogP contribution is 2.18. The second-order valence-electron chi connectivity index (χ2n) is 15.3. The van der Waals surface area contributed by atoms with Gasteiger partial charge in [0.05, 0.1) is 115 Å². The van der Waals surface area contributed by atoms with Gasteiger partial charge in [0.2, 0.25) is 0 Å². The van der Waals surface area contributed by atoms with Crippen molar-refractivity contribution in [3.8, 4) is 0 Å². The van der Waals surface area contributed by atoms with Gasteiger partial charge < -0.3 is 38.9 Å². The number of ether oxygens (including phenoxy) is 7. The molecule has 0 spiro atoms. The summed E-state index contributed by atoms with van der Waals surface area (Å²) in [5.74, 6) is 0.525. The van der Waals surface area contributed by atoms with Crippen LogP contribution in [0.1, 0.15) is 32.2 Å². The van der Waals surface area contributed by atoms with E-state index in [1.165, 1.54) is 4.90 Å². The molecule has 26 heteroatoms. The monoisotopic (exact) mass is 948 g/mol. The predicted molar refractivity (Wildman–Crippen MR) is 224 cm³/mol. The Kier molecular flexibility index (Phi) is 21.7. The lowest BCUT2D eigenvalue weighted by Gasteiger charge is -2.31. The number of aromatic nitrogens is 6. The van der Waals surface area contributed by atoms with Crippen molar-refractivity contribution in [2.75, 3.05) is 135 Å². The molecule has 1 atom stereocenters. The van der Waals surface area contributed by atoms with Gasteiger partial charge in [0.15, 0.2) is 30.0 Å². The second kappa shape index (κ2) is 25.8. The van der Waals surface area contributed by atoms with Crippen molar-refractivity contribution in [2.45, 2.75) is 58.7 Å². The van der Waals surface area contributed by atoms with Gasteiger partial charge in [0.1, 0.15) is 23.2 Å². The topological polar surface area (TPSA) is 247 Å². The SMILES string of the molecule is CC(C)(C)OC(=O)N(CCOCCOCCOCCn1nnc(CN2CCS(=O)(=O)CC2)c1Cl)C(N)COCCOCCOCCn1nnc(CN2CCS(=O)(=O)CC2)c1Cl. The minimum atomic E-state index is -2.96. The first-order chi connectivity index (χ1) is 29.0. The number of sulfone groups is 2. The third kappa shape index (κ3) is 19.5. The van der Waals surface area contributed by atoms with Crippen molar-refractivity contribution >= 4 is 49.0 Å². The van der Waals surface area contributed by atoms with E-state index in [4.69, 9.17) is 62.1 Å². The van der Waals surface area contributed by atoms with Crippen molar-refractivity contribution in [2.24, 2.45) is 5.73 Å². The van der Waals surface area contributed by atoms with Crippen LogP contribution in [0.2, 0.25) is 10.3 Å². The molecule has 2 N–H and O–H groups in total. The Morgan fingerprint density at radius 3 is 1.44 bits per heavy atom. The lowest BCUT2D eigenvalue weighted by molar-refractivity contribution is -0.0232. The van der Waals surface area contributed by atoms with Crippen molar-refractivity contribution in [3.63, 3.8) is 0 Å². The van der Waals surface area contributed by atoms with Crippen molar-refractivity contribution in [1.29, 1.82) is 0 Å². The third-order valence-corrected chi connectivity index (χ3v) is 13.3. The maximum absolute atomic E-state index is 12.9. The van der Waals surface area contributed by atoms with E-state index in [2.05, 4.69) is 20.6 Å². The van der Waals surface area contributed by atoms with Crippen LogP contribution in [0.15, 0.2) is 0 Å². The van der Waals surface area contributed by atoms with E-state index in [1.807, 2.05) is 9.80 Å². The van der Waals surface area contributed by atoms with Crippen LogP contribution < -0.4 is 5.73 Å². The van der Waals surface area contributed by atoms with Crippen LogP contribution in [0, 0.1) is 0 Å². The lowest BCUT2D eigenvalue weighted by atomic mass is 10.2. The fraction of sp³-hybridized carbons (Fsp3) is 0.857. The number of amides is 1. The number of carbonyl (C=O) groups excluding carboxylic acids is 1. The van der Waals surface area contributed by atoms with Crippen LogP contribution >= 0.6 is 23.2 Å². The number of nitrogens with zero attached hydrogens (tertiary/aromatic N) is 9. The number of nitrogens with two attached hydrogens (primary N) is 1. The average Bonchev–Trinajstić information content (AvgIpc) is 3.72. The molecule has 350 valence electrons. The first kappa shape index (κ1) is 51.3. The molecule has 2 aromatic heterocycles. The lowest BCUT2D eigenvalue weighted by Crippen LogP contribution is -2.51. The quantitative estimate of drug-likeness (QED) is 0.0868. The van der Waals surface area contributed by atoms with E-state index >= 15 is 0 Å². The summed E-state index contributed by atoms with van der Waals surface area (Å²) in [6.45, 7) is 12.4. The van der Waals surface area contributed by atoms with Crippen LogP contribution in [-0.2, 0) is 79.0 Å².